The van der Waals surface area contributed by atoms with Gasteiger partial charge in [-0.3, -0.25) is 9.59 Å². The van der Waals surface area contributed by atoms with Crippen LogP contribution in [0.4, 0.5) is 0 Å². The van der Waals surface area contributed by atoms with E-state index in [2.05, 4.69) is 26.0 Å². The first-order valence-electron chi connectivity index (χ1n) is 12.3. The highest BCUT2D eigenvalue weighted by Gasteiger charge is 2.45. The Morgan fingerprint density at radius 1 is 1.03 bits per heavy atom. The largest absolute Gasteiger partial charge is 0.491 e. The van der Waals surface area contributed by atoms with Crippen LogP contribution in [0.1, 0.15) is 65.4 Å². The summed E-state index contributed by atoms with van der Waals surface area (Å²) in [6.45, 7) is 10.4. The van der Waals surface area contributed by atoms with Crippen LogP contribution in [0.15, 0.2) is 24.3 Å². The fourth-order valence-electron chi connectivity index (χ4n) is 5.00. The van der Waals surface area contributed by atoms with Crippen LogP contribution >= 0.6 is 0 Å². The third-order valence-corrected chi connectivity index (χ3v) is 7.29. The first-order valence-corrected chi connectivity index (χ1v) is 12.3. The van der Waals surface area contributed by atoms with Gasteiger partial charge in [0.1, 0.15) is 12.4 Å². The summed E-state index contributed by atoms with van der Waals surface area (Å²) in [7, 11) is 0. The molecule has 1 fully saturated rings. The summed E-state index contributed by atoms with van der Waals surface area (Å²) in [5.74, 6) is 1.29. The number of likely N-dealkylation sites (tertiary alicyclic amines) is 1. The number of carbonyl (C=O) groups excluding carboxylic acids is 2. The van der Waals surface area contributed by atoms with Crippen LogP contribution < -0.4 is 10.5 Å². The number of benzene rings is 1. The van der Waals surface area contributed by atoms with Gasteiger partial charge >= 0.3 is 0 Å². The second-order valence-corrected chi connectivity index (χ2v) is 10.1. The van der Waals surface area contributed by atoms with Crippen molar-refractivity contribution in [1.82, 2.24) is 9.80 Å². The van der Waals surface area contributed by atoms with Gasteiger partial charge in [-0.2, -0.15) is 0 Å². The van der Waals surface area contributed by atoms with Crippen molar-refractivity contribution in [3.05, 3.63) is 29.8 Å². The first kappa shape index (κ1) is 24.6. The third kappa shape index (κ3) is 5.45. The Kier molecular flexibility index (Phi) is 8.21. The maximum Gasteiger partial charge on any atom is 0.239 e. The lowest BCUT2D eigenvalue weighted by molar-refractivity contribution is -0.151. The lowest BCUT2D eigenvalue weighted by atomic mass is 9.72. The summed E-state index contributed by atoms with van der Waals surface area (Å²) in [4.78, 5) is 30.5. The molecule has 0 aromatic heterocycles. The predicted octanol–water partition coefficient (Wildman–Crippen LogP) is 3.62. The van der Waals surface area contributed by atoms with E-state index in [0.29, 0.717) is 39.1 Å². The second-order valence-electron chi connectivity index (χ2n) is 10.1. The van der Waals surface area contributed by atoms with Crippen LogP contribution in [0.5, 0.6) is 5.75 Å². The van der Waals surface area contributed by atoms with E-state index >= 15 is 0 Å². The predicted molar refractivity (Wildman–Crippen MR) is 127 cm³/mol. The number of piperidine rings is 1. The van der Waals surface area contributed by atoms with Crippen molar-refractivity contribution in [3.63, 3.8) is 0 Å². The zero-order chi connectivity index (χ0) is 23.3. The molecule has 1 aromatic rings. The summed E-state index contributed by atoms with van der Waals surface area (Å²) < 4.78 is 6.10. The number of nitrogens with two attached hydrogens (primary N) is 1. The molecule has 6 heteroatoms. The van der Waals surface area contributed by atoms with Crippen molar-refractivity contribution >= 4 is 11.8 Å². The van der Waals surface area contributed by atoms with Gasteiger partial charge < -0.3 is 20.3 Å². The average Bonchev–Trinajstić information content (AvgIpc) is 2.78. The number of amides is 2. The summed E-state index contributed by atoms with van der Waals surface area (Å²) in [6.07, 6.45) is 5.27. The Labute approximate surface area is 193 Å². The van der Waals surface area contributed by atoms with Crippen LogP contribution in [0.25, 0.3) is 0 Å². The molecule has 178 valence electrons. The second kappa shape index (κ2) is 10.7. The van der Waals surface area contributed by atoms with E-state index in [0.717, 1.165) is 31.4 Å². The van der Waals surface area contributed by atoms with Gasteiger partial charge in [-0.15, -0.1) is 0 Å². The molecule has 2 N–H and O–H groups in total. The van der Waals surface area contributed by atoms with Crippen LogP contribution in [-0.2, 0) is 16.0 Å². The van der Waals surface area contributed by atoms with Crippen molar-refractivity contribution in [2.45, 2.75) is 78.3 Å². The normalized spacial score (nSPS) is 21.0. The summed E-state index contributed by atoms with van der Waals surface area (Å²) >= 11 is 0. The molecule has 2 aliphatic heterocycles. The van der Waals surface area contributed by atoms with E-state index in [-0.39, 0.29) is 23.8 Å². The Bertz CT molecular complexity index is 784. The number of hydrogen-bond acceptors (Lipinski definition) is 4. The fraction of sp³-hybridized carbons (Fsp3) is 0.692. The highest BCUT2D eigenvalue weighted by atomic mass is 16.5. The van der Waals surface area contributed by atoms with E-state index in [9.17, 15) is 9.59 Å². The zero-order valence-corrected chi connectivity index (χ0v) is 20.3. The van der Waals surface area contributed by atoms with E-state index < -0.39 is 11.5 Å². The van der Waals surface area contributed by atoms with Gasteiger partial charge in [-0.1, -0.05) is 38.5 Å². The van der Waals surface area contributed by atoms with Gasteiger partial charge in [-0.05, 0) is 63.5 Å². The van der Waals surface area contributed by atoms with Gasteiger partial charge in [0.05, 0.1) is 18.0 Å². The number of carbonyl (C=O) groups is 2. The number of hydrogen-bond donors (Lipinski definition) is 1. The molecule has 2 amide bonds. The van der Waals surface area contributed by atoms with Crippen LogP contribution in [0.2, 0.25) is 0 Å². The number of rotatable bonds is 3. The van der Waals surface area contributed by atoms with E-state index in [4.69, 9.17) is 10.5 Å². The number of nitrogens with zero attached hydrogens (tertiary/aromatic N) is 2. The van der Waals surface area contributed by atoms with Gasteiger partial charge in [0.2, 0.25) is 11.8 Å². The van der Waals surface area contributed by atoms with E-state index in [1.807, 2.05) is 35.8 Å². The first-order chi connectivity index (χ1) is 15.2. The molecule has 0 aliphatic carbocycles. The van der Waals surface area contributed by atoms with Crippen LogP contribution in [0, 0.1) is 11.3 Å². The molecule has 32 heavy (non-hydrogen) atoms. The highest BCUT2D eigenvalue weighted by Crippen LogP contribution is 2.40. The Balaban J connectivity index is 1.78. The van der Waals surface area contributed by atoms with Crippen molar-refractivity contribution in [3.8, 4) is 5.75 Å². The van der Waals surface area contributed by atoms with Gasteiger partial charge in [0.15, 0.2) is 0 Å². The lowest BCUT2D eigenvalue weighted by Crippen LogP contribution is -2.56. The van der Waals surface area contributed by atoms with Crippen molar-refractivity contribution in [2.24, 2.45) is 17.1 Å². The maximum atomic E-state index is 13.9. The molecule has 1 atom stereocenters. The molecular formula is C26H41N3O3. The average molecular weight is 444 g/mol. The minimum atomic E-state index is -0.472. The van der Waals surface area contributed by atoms with Crippen molar-refractivity contribution < 1.29 is 14.3 Å². The van der Waals surface area contributed by atoms with Gasteiger partial charge in [0.25, 0.3) is 0 Å². The Hall–Kier alpha value is -2.08. The summed E-state index contributed by atoms with van der Waals surface area (Å²) in [5, 5.41) is 0. The van der Waals surface area contributed by atoms with E-state index in [1.165, 1.54) is 5.56 Å². The molecule has 6 nitrogen and oxygen atoms in total. The topological polar surface area (TPSA) is 75.9 Å². The third-order valence-electron chi connectivity index (χ3n) is 7.29. The molecule has 1 saturated heterocycles. The van der Waals surface area contributed by atoms with Crippen LogP contribution in [-0.4, -0.2) is 59.9 Å². The molecular weight excluding hydrogens is 402 g/mol. The highest BCUT2D eigenvalue weighted by molar-refractivity contribution is 5.85. The SMILES string of the molecule is CC(C)[C@@H](N)C(=O)N1CCC2(CCCCc3ccccc3OCCN(C(C)C)C2=O)CC1. The monoisotopic (exact) mass is 443 g/mol. The standard InChI is InChI=1S/C26H41N3O3/c1-19(2)23(27)24(30)28-15-13-26(14-16-28)12-8-7-10-21-9-5-6-11-22(21)32-18-17-29(20(3)4)25(26)31/h5-6,9,11,19-20,23H,7-8,10,12-18,27H2,1-4H3/t23-/m1/s1. The Morgan fingerprint density at radius 2 is 1.72 bits per heavy atom. The molecule has 0 unspecified atom stereocenters. The number of fused-ring (bicyclic) bond motifs is 1. The summed E-state index contributed by atoms with van der Waals surface area (Å²) in [5.41, 5.74) is 6.97. The molecule has 3 rings (SSSR count). The molecule has 2 heterocycles. The molecule has 0 radical (unpaired) electrons. The fourth-order valence-corrected chi connectivity index (χ4v) is 5.00. The van der Waals surface area contributed by atoms with Crippen LogP contribution in [0.3, 0.4) is 0 Å². The van der Waals surface area contributed by atoms with Gasteiger partial charge in [0, 0.05) is 19.1 Å². The molecule has 1 spiro atoms. The Morgan fingerprint density at radius 3 is 2.38 bits per heavy atom. The minimum Gasteiger partial charge on any atom is -0.491 e. The molecule has 1 aromatic carbocycles. The van der Waals surface area contributed by atoms with Crippen molar-refractivity contribution in [1.29, 1.82) is 0 Å². The molecule has 0 bridgehead atoms. The minimum absolute atomic E-state index is 0.0150. The lowest BCUT2D eigenvalue weighted by Gasteiger charge is -2.45. The summed E-state index contributed by atoms with van der Waals surface area (Å²) in [6, 6.07) is 7.87. The zero-order valence-electron chi connectivity index (χ0n) is 20.3. The number of aryl methyl sites for hydroxylation is 1. The molecule has 0 saturated carbocycles. The number of ether oxygens (including phenoxy) is 1. The smallest absolute Gasteiger partial charge is 0.239 e. The number of para-hydroxylation sites is 1. The maximum absolute atomic E-state index is 13.9. The quantitative estimate of drug-likeness (QED) is 0.774. The van der Waals surface area contributed by atoms with Crippen molar-refractivity contribution in [2.75, 3.05) is 26.2 Å². The van der Waals surface area contributed by atoms with Gasteiger partial charge in [-0.25, -0.2) is 0 Å². The molecule has 2 aliphatic rings. The van der Waals surface area contributed by atoms with E-state index in [1.54, 1.807) is 0 Å².